The third-order valence-corrected chi connectivity index (χ3v) is 3.55. The van der Waals surface area contributed by atoms with Crippen LogP contribution in [0.3, 0.4) is 0 Å². The van der Waals surface area contributed by atoms with E-state index in [0.29, 0.717) is 18.2 Å². The highest BCUT2D eigenvalue weighted by atomic mass is 32.2. The molecule has 1 rings (SSSR count). The lowest BCUT2D eigenvalue weighted by Crippen LogP contribution is -2.27. The Morgan fingerprint density at radius 2 is 2.18 bits per heavy atom. The van der Waals surface area contributed by atoms with Crippen LogP contribution in [0.25, 0.3) is 0 Å². The van der Waals surface area contributed by atoms with E-state index in [9.17, 15) is 4.79 Å². The smallest absolute Gasteiger partial charge is 0.354 e. The Bertz CT molecular complexity index is 421. The molecule has 0 aromatic carbocycles. The van der Waals surface area contributed by atoms with Gasteiger partial charge in [0.2, 0.25) is 5.95 Å². The maximum absolute atomic E-state index is 10.8. The molecular formula is C11H17N3O2S. The summed E-state index contributed by atoms with van der Waals surface area (Å²) in [5, 5.41) is 12.0. The molecule has 0 saturated carbocycles. The third kappa shape index (κ3) is 4.22. The van der Waals surface area contributed by atoms with Crippen LogP contribution in [0.1, 0.15) is 30.0 Å². The average Bonchev–Trinajstić information content (AvgIpc) is 2.26. The molecule has 6 heteroatoms. The number of hydrogen-bond acceptors (Lipinski definition) is 5. The zero-order valence-corrected chi connectivity index (χ0v) is 11.3. The van der Waals surface area contributed by atoms with Crippen molar-refractivity contribution in [3.05, 3.63) is 17.5 Å². The van der Waals surface area contributed by atoms with E-state index in [1.54, 1.807) is 18.7 Å². The van der Waals surface area contributed by atoms with Gasteiger partial charge in [-0.2, -0.15) is 11.8 Å². The van der Waals surface area contributed by atoms with Crippen LogP contribution < -0.4 is 5.32 Å². The molecule has 0 atom stereocenters. The van der Waals surface area contributed by atoms with E-state index >= 15 is 0 Å². The Labute approximate surface area is 105 Å². The topological polar surface area (TPSA) is 75.1 Å². The largest absolute Gasteiger partial charge is 0.477 e. The van der Waals surface area contributed by atoms with E-state index in [4.69, 9.17) is 5.11 Å². The van der Waals surface area contributed by atoms with Gasteiger partial charge in [-0.3, -0.25) is 0 Å². The number of nitrogens with zero attached hydrogens (tertiary/aromatic N) is 2. The number of carboxylic acids is 1. The lowest BCUT2D eigenvalue weighted by Gasteiger charge is -2.22. The number of aromatic nitrogens is 2. The molecule has 2 N–H and O–H groups in total. The minimum atomic E-state index is -1.04. The molecule has 1 aromatic rings. The first-order valence-electron chi connectivity index (χ1n) is 5.22. The maximum atomic E-state index is 10.8. The maximum Gasteiger partial charge on any atom is 0.354 e. The van der Waals surface area contributed by atoms with Crippen LogP contribution in [0.15, 0.2) is 6.07 Å². The quantitative estimate of drug-likeness (QED) is 0.838. The molecule has 0 saturated heterocycles. The van der Waals surface area contributed by atoms with Crippen LogP contribution in [0.4, 0.5) is 5.95 Å². The molecule has 0 amide bonds. The lowest BCUT2D eigenvalue weighted by atomic mass is 10.2. The molecule has 0 aliphatic heterocycles. The van der Waals surface area contributed by atoms with Gasteiger partial charge in [-0.1, -0.05) is 0 Å². The predicted octanol–water partition coefficient (Wildman–Crippen LogP) is 2.04. The van der Waals surface area contributed by atoms with Crippen molar-refractivity contribution in [2.45, 2.75) is 25.5 Å². The van der Waals surface area contributed by atoms with E-state index in [0.717, 1.165) is 0 Å². The molecule has 1 aromatic heterocycles. The Balaban J connectivity index is 2.81. The van der Waals surface area contributed by atoms with Crippen LogP contribution >= 0.6 is 11.8 Å². The minimum absolute atomic E-state index is 0.0157. The van der Waals surface area contributed by atoms with E-state index in [1.807, 2.05) is 6.26 Å². The molecule has 0 aliphatic rings. The van der Waals surface area contributed by atoms with Crippen LogP contribution in [-0.2, 0) is 0 Å². The Morgan fingerprint density at radius 3 is 2.71 bits per heavy atom. The number of nitrogens with one attached hydrogen (secondary N) is 1. The monoisotopic (exact) mass is 255 g/mol. The van der Waals surface area contributed by atoms with Crippen molar-refractivity contribution in [1.29, 1.82) is 0 Å². The summed E-state index contributed by atoms with van der Waals surface area (Å²) in [5.74, 6) is -0.674. The van der Waals surface area contributed by atoms with Crippen molar-refractivity contribution >= 4 is 23.7 Å². The normalized spacial score (nSPS) is 11.3. The average molecular weight is 255 g/mol. The van der Waals surface area contributed by atoms with Gasteiger partial charge in [-0.05, 0) is 33.1 Å². The number of rotatable bonds is 5. The molecule has 0 unspecified atom stereocenters. The Morgan fingerprint density at radius 1 is 1.53 bits per heavy atom. The third-order valence-electron chi connectivity index (χ3n) is 2.30. The van der Waals surface area contributed by atoms with Gasteiger partial charge in [0, 0.05) is 17.0 Å². The molecule has 0 radical (unpaired) electrons. The van der Waals surface area contributed by atoms with Crippen molar-refractivity contribution < 1.29 is 9.90 Å². The second-order valence-electron chi connectivity index (χ2n) is 4.34. The molecule has 1 heterocycles. The molecule has 0 bridgehead atoms. The highest BCUT2D eigenvalue weighted by Gasteiger charge is 2.16. The van der Waals surface area contributed by atoms with Crippen molar-refractivity contribution in [3.63, 3.8) is 0 Å². The van der Waals surface area contributed by atoms with E-state index in [2.05, 4.69) is 29.1 Å². The van der Waals surface area contributed by atoms with E-state index < -0.39 is 5.97 Å². The molecule has 17 heavy (non-hydrogen) atoms. The SMILES string of the molecule is CSC(C)(C)CNc1nc(C)cc(C(=O)O)n1. The van der Waals surface area contributed by atoms with Crippen LogP contribution in [0, 0.1) is 6.92 Å². The first-order valence-corrected chi connectivity index (χ1v) is 6.44. The van der Waals surface area contributed by atoms with Crippen LogP contribution in [0.5, 0.6) is 0 Å². The first-order chi connectivity index (χ1) is 7.84. The van der Waals surface area contributed by atoms with E-state index in [-0.39, 0.29) is 10.4 Å². The summed E-state index contributed by atoms with van der Waals surface area (Å²) in [6, 6.07) is 1.45. The van der Waals surface area contributed by atoms with Crippen molar-refractivity contribution in [2.24, 2.45) is 0 Å². The van der Waals surface area contributed by atoms with Gasteiger partial charge in [-0.15, -0.1) is 0 Å². The highest BCUT2D eigenvalue weighted by molar-refractivity contribution is 7.99. The standard InChI is InChI=1S/C11H17N3O2S/c1-7-5-8(9(15)16)14-10(13-7)12-6-11(2,3)17-4/h5H,6H2,1-4H3,(H,15,16)(H,12,13,14). The van der Waals surface area contributed by atoms with Gasteiger partial charge in [0.15, 0.2) is 5.69 Å². The van der Waals surface area contributed by atoms with Crippen molar-refractivity contribution in [1.82, 2.24) is 9.97 Å². The fourth-order valence-corrected chi connectivity index (χ4v) is 1.34. The summed E-state index contributed by atoms with van der Waals surface area (Å²) in [6.45, 7) is 6.62. The summed E-state index contributed by atoms with van der Waals surface area (Å²) >= 11 is 1.73. The van der Waals surface area contributed by atoms with Crippen LogP contribution in [0.2, 0.25) is 0 Å². The number of carbonyl (C=O) groups is 1. The number of thioether (sulfide) groups is 1. The fourth-order valence-electron chi connectivity index (χ4n) is 1.12. The first kappa shape index (κ1) is 13.8. The number of aromatic carboxylic acids is 1. The zero-order valence-electron chi connectivity index (χ0n) is 10.4. The summed E-state index contributed by atoms with van der Waals surface area (Å²) in [6.07, 6.45) is 2.03. The van der Waals surface area contributed by atoms with Gasteiger partial charge >= 0.3 is 5.97 Å². The van der Waals surface area contributed by atoms with Crippen molar-refractivity contribution in [3.8, 4) is 0 Å². The second-order valence-corrected chi connectivity index (χ2v) is 5.85. The number of hydrogen-bond donors (Lipinski definition) is 2. The highest BCUT2D eigenvalue weighted by Crippen LogP contribution is 2.21. The molecule has 0 spiro atoms. The summed E-state index contributed by atoms with van der Waals surface area (Å²) in [5.41, 5.74) is 0.656. The lowest BCUT2D eigenvalue weighted by molar-refractivity contribution is 0.0690. The van der Waals surface area contributed by atoms with Gasteiger partial charge in [0.1, 0.15) is 0 Å². The predicted molar refractivity (Wildman–Crippen MR) is 69.8 cm³/mol. The fraction of sp³-hybridized carbons (Fsp3) is 0.545. The number of anilines is 1. The Hall–Kier alpha value is -1.30. The summed E-state index contributed by atoms with van der Waals surface area (Å²) < 4.78 is 0.0521. The molecule has 0 aliphatic carbocycles. The van der Waals surface area contributed by atoms with Crippen LogP contribution in [-0.4, -0.2) is 38.6 Å². The minimum Gasteiger partial charge on any atom is -0.477 e. The Kier molecular flexibility index (Phi) is 4.34. The molecular weight excluding hydrogens is 238 g/mol. The summed E-state index contributed by atoms with van der Waals surface area (Å²) in [7, 11) is 0. The zero-order chi connectivity index (χ0) is 13.1. The molecule has 5 nitrogen and oxygen atoms in total. The second kappa shape index (κ2) is 5.35. The van der Waals surface area contributed by atoms with Crippen molar-refractivity contribution in [2.75, 3.05) is 18.1 Å². The molecule has 0 fully saturated rings. The van der Waals surface area contributed by atoms with Gasteiger partial charge in [0.05, 0.1) is 0 Å². The molecule has 94 valence electrons. The van der Waals surface area contributed by atoms with Gasteiger partial charge in [-0.25, -0.2) is 14.8 Å². The number of aryl methyl sites for hydroxylation is 1. The summed E-state index contributed by atoms with van der Waals surface area (Å²) in [4.78, 5) is 18.9. The van der Waals surface area contributed by atoms with Gasteiger partial charge < -0.3 is 10.4 Å². The van der Waals surface area contributed by atoms with E-state index in [1.165, 1.54) is 6.07 Å². The number of carboxylic acid groups (broad SMARTS) is 1. The van der Waals surface area contributed by atoms with Gasteiger partial charge in [0.25, 0.3) is 0 Å².